The number of amides is 1. The average Bonchev–Trinajstić information content (AvgIpc) is 2.87. The highest BCUT2D eigenvalue weighted by molar-refractivity contribution is 5.99. The summed E-state index contributed by atoms with van der Waals surface area (Å²) in [5, 5.41) is 3.22. The van der Waals surface area contributed by atoms with Crippen molar-refractivity contribution in [1.82, 2.24) is 0 Å². The molecule has 1 N–H and O–H groups in total. The molecule has 0 bridgehead atoms. The number of hydrogen-bond acceptors (Lipinski definition) is 2. The Morgan fingerprint density at radius 3 is 2.46 bits per heavy atom. The number of fused-ring (bicyclic) bond motifs is 1. The van der Waals surface area contributed by atoms with Crippen molar-refractivity contribution < 1.29 is 4.79 Å². The van der Waals surface area contributed by atoms with Crippen molar-refractivity contribution >= 4 is 29.7 Å². The molecular formula is C20H33ClN2O. The quantitative estimate of drug-likeness (QED) is 0.733. The lowest BCUT2D eigenvalue weighted by atomic mass is 9.94. The summed E-state index contributed by atoms with van der Waals surface area (Å²) >= 11 is 0. The fourth-order valence-electron chi connectivity index (χ4n) is 3.27. The van der Waals surface area contributed by atoms with E-state index in [0.717, 1.165) is 25.2 Å². The van der Waals surface area contributed by atoms with Crippen LogP contribution in [0.2, 0.25) is 0 Å². The van der Waals surface area contributed by atoms with Crippen molar-refractivity contribution in [3.05, 3.63) is 22.8 Å². The first-order valence-corrected chi connectivity index (χ1v) is 8.95. The highest BCUT2D eigenvalue weighted by Gasteiger charge is 2.28. The Labute approximate surface area is 153 Å². The predicted octanol–water partition coefficient (Wildman–Crippen LogP) is 5.26. The second-order valence-corrected chi connectivity index (χ2v) is 7.86. The van der Waals surface area contributed by atoms with Crippen LogP contribution < -0.4 is 10.2 Å². The third kappa shape index (κ3) is 4.44. The van der Waals surface area contributed by atoms with E-state index < -0.39 is 0 Å². The van der Waals surface area contributed by atoms with Crippen LogP contribution in [0.5, 0.6) is 0 Å². The fraction of sp³-hybridized carbons (Fsp3) is 0.650. The molecule has 3 nitrogen and oxygen atoms in total. The average molecular weight is 353 g/mol. The summed E-state index contributed by atoms with van der Waals surface area (Å²) in [7, 11) is 0. The first kappa shape index (κ1) is 20.8. The number of unbranched alkanes of at least 4 members (excludes halogenated alkanes) is 2. The molecule has 0 spiro atoms. The summed E-state index contributed by atoms with van der Waals surface area (Å²) in [5.41, 5.74) is 5.85. The van der Waals surface area contributed by atoms with E-state index in [0.29, 0.717) is 0 Å². The van der Waals surface area contributed by atoms with Crippen LogP contribution in [0.1, 0.15) is 63.6 Å². The maximum Gasteiger partial charge on any atom is 0.229 e. The van der Waals surface area contributed by atoms with Crippen LogP contribution in [0.3, 0.4) is 0 Å². The lowest BCUT2D eigenvalue weighted by Crippen LogP contribution is -2.29. The predicted molar refractivity (Wildman–Crippen MR) is 107 cm³/mol. The van der Waals surface area contributed by atoms with Crippen LogP contribution in [-0.2, 0) is 11.2 Å². The van der Waals surface area contributed by atoms with Crippen molar-refractivity contribution in [3.8, 4) is 0 Å². The number of rotatable bonds is 5. The molecule has 0 unspecified atom stereocenters. The number of carbonyl (C=O) groups is 1. The fourth-order valence-corrected chi connectivity index (χ4v) is 3.27. The zero-order valence-electron chi connectivity index (χ0n) is 16.1. The maximum absolute atomic E-state index is 12.5. The largest absolute Gasteiger partial charge is 0.369 e. The van der Waals surface area contributed by atoms with Crippen LogP contribution in [-0.4, -0.2) is 19.0 Å². The summed E-state index contributed by atoms with van der Waals surface area (Å²) in [6.45, 7) is 14.6. The molecule has 0 atom stereocenters. The lowest BCUT2D eigenvalue weighted by Gasteiger charge is -2.26. The molecule has 0 radical (unpaired) electrons. The van der Waals surface area contributed by atoms with Crippen LogP contribution in [0.4, 0.5) is 11.4 Å². The van der Waals surface area contributed by atoms with Crippen molar-refractivity contribution in [3.63, 3.8) is 0 Å². The summed E-state index contributed by atoms with van der Waals surface area (Å²) in [6.07, 6.45) is 4.81. The number of nitrogens with zero attached hydrogens (tertiary/aromatic N) is 1. The number of anilines is 2. The molecule has 0 aromatic heterocycles. The van der Waals surface area contributed by atoms with E-state index in [4.69, 9.17) is 0 Å². The Morgan fingerprint density at radius 1 is 1.21 bits per heavy atom. The Kier molecular flexibility index (Phi) is 7.15. The van der Waals surface area contributed by atoms with Gasteiger partial charge in [-0.05, 0) is 43.4 Å². The molecule has 1 aromatic rings. The molecular weight excluding hydrogens is 320 g/mol. The summed E-state index contributed by atoms with van der Waals surface area (Å²) < 4.78 is 0. The molecule has 0 saturated heterocycles. The van der Waals surface area contributed by atoms with E-state index in [2.05, 4.69) is 37.1 Å². The van der Waals surface area contributed by atoms with Gasteiger partial charge in [-0.2, -0.15) is 0 Å². The minimum Gasteiger partial charge on any atom is -0.369 e. The van der Waals surface area contributed by atoms with Gasteiger partial charge in [0.2, 0.25) is 5.91 Å². The summed E-state index contributed by atoms with van der Waals surface area (Å²) in [6, 6.07) is 2.21. The highest BCUT2D eigenvalue weighted by atomic mass is 35.5. The van der Waals surface area contributed by atoms with E-state index in [1.807, 2.05) is 20.8 Å². The maximum atomic E-state index is 12.5. The van der Waals surface area contributed by atoms with Crippen LogP contribution in [0.15, 0.2) is 6.07 Å². The standard InChI is InChI=1S/C20H32N2O.ClH/c1-7-8-9-11-22-12-10-16-14(2)13-15(3)17(18(16)22)21-19(23)20(4,5)6;/h13H,7-12H2,1-6H3,(H,21,23);1H. The molecule has 0 fully saturated rings. The zero-order valence-corrected chi connectivity index (χ0v) is 16.9. The lowest BCUT2D eigenvalue weighted by molar-refractivity contribution is -0.123. The second kappa shape index (κ2) is 8.24. The minimum atomic E-state index is -0.379. The number of benzene rings is 1. The molecule has 1 aromatic carbocycles. The highest BCUT2D eigenvalue weighted by Crippen LogP contribution is 2.40. The molecule has 2 rings (SSSR count). The zero-order chi connectivity index (χ0) is 17.2. The first-order chi connectivity index (χ1) is 10.8. The van der Waals surface area contributed by atoms with Gasteiger partial charge in [0.15, 0.2) is 0 Å². The number of nitrogens with one attached hydrogen (secondary N) is 1. The van der Waals surface area contributed by atoms with Gasteiger partial charge in [0.1, 0.15) is 0 Å². The van der Waals surface area contributed by atoms with Gasteiger partial charge in [-0.25, -0.2) is 0 Å². The van der Waals surface area contributed by atoms with Crippen molar-refractivity contribution in [2.24, 2.45) is 5.41 Å². The number of halogens is 1. The van der Waals surface area contributed by atoms with E-state index in [1.165, 1.54) is 41.6 Å². The van der Waals surface area contributed by atoms with E-state index in [-0.39, 0.29) is 23.7 Å². The molecule has 1 aliphatic rings. The third-order valence-corrected chi connectivity index (χ3v) is 4.73. The third-order valence-electron chi connectivity index (χ3n) is 4.73. The van der Waals surface area contributed by atoms with Gasteiger partial charge in [-0.15, -0.1) is 12.4 Å². The molecule has 4 heteroatoms. The summed E-state index contributed by atoms with van der Waals surface area (Å²) in [4.78, 5) is 15.0. The minimum absolute atomic E-state index is 0. The number of hydrogen-bond donors (Lipinski definition) is 1. The second-order valence-electron chi connectivity index (χ2n) is 7.86. The Balaban J connectivity index is 0.00000288. The van der Waals surface area contributed by atoms with E-state index in [1.54, 1.807) is 0 Å². The molecule has 136 valence electrons. The smallest absolute Gasteiger partial charge is 0.229 e. The van der Waals surface area contributed by atoms with Gasteiger partial charge in [-0.1, -0.05) is 46.6 Å². The SMILES string of the molecule is CCCCCN1CCc2c(C)cc(C)c(NC(=O)C(C)(C)C)c21.Cl. The van der Waals surface area contributed by atoms with Gasteiger partial charge < -0.3 is 10.2 Å². The number of aryl methyl sites for hydroxylation is 2. The topological polar surface area (TPSA) is 32.3 Å². The van der Waals surface area contributed by atoms with Crippen LogP contribution in [0, 0.1) is 19.3 Å². The van der Waals surface area contributed by atoms with Gasteiger partial charge in [0, 0.05) is 18.5 Å². The van der Waals surface area contributed by atoms with E-state index >= 15 is 0 Å². The van der Waals surface area contributed by atoms with Crippen LogP contribution in [0.25, 0.3) is 0 Å². The van der Waals surface area contributed by atoms with Gasteiger partial charge in [-0.3, -0.25) is 4.79 Å². The van der Waals surface area contributed by atoms with Crippen LogP contribution >= 0.6 is 12.4 Å². The molecule has 1 heterocycles. The van der Waals surface area contributed by atoms with Crippen molar-refractivity contribution in [2.45, 2.75) is 67.2 Å². The molecule has 1 amide bonds. The molecule has 0 saturated carbocycles. The van der Waals surface area contributed by atoms with E-state index in [9.17, 15) is 4.79 Å². The van der Waals surface area contributed by atoms with Crippen molar-refractivity contribution in [2.75, 3.05) is 23.3 Å². The van der Waals surface area contributed by atoms with Gasteiger partial charge >= 0.3 is 0 Å². The monoisotopic (exact) mass is 352 g/mol. The van der Waals surface area contributed by atoms with Gasteiger partial charge in [0.25, 0.3) is 0 Å². The summed E-state index contributed by atoms with van der Waals surface area (Å²) in [5.74, 6) is 0.0899. The van der Waals surface area contributed by atoms with Crippen molar-refractivity contribution in [1.29, 1.82) is 0 Å². The Bertz CT molecular complexity index is 590. The van der Waals surface area contributed by atoms with Gasteiger partial charge in [0.05, 0.1) is 11.4 Å². The molecule has 24 heavy (non-hydrogen) atoms. The number of carbonyl (C=O) groups excluding carboxylic acids is 1. The normalized spacial score (nSPS) is 13.5. The first-order valence-electron chi connectivity index (χ1n) is 8.95. The molecule has 0 aliphatic carbocycles. The Hall–Kier alpha value is -1.22. The Morgan fingerprint density at radius 2 is 1.88 bits per heavy atom. The molecule has 1 aliphatic heterocycles.